The fourth-order valence-corrected chi connectivity index (χ4v) is 6.50. The highest BCUT2D eigenvalue weighted by Crippen LogP contribution is 2.37. The lowest BCUT2D eigenvalue weighted by atomic mass is 10.0. The minimum absolute atomic E-state index is 0.00921. The van der Waals surface area contributed by atoms with E-state index in [1.807, 2.05) is 6.92 Å². The van der Waals surface area contributed by atoms with Crippen LogP contribution in [0.4, 0.5) is 0 Å². The zero-order valence-electron chi connectivity index (χ0n) is 21.9. The molecule has 3 atom stereocenters. The predicted molar refractivity (Wildman–Crippen MR) is 141 cm³/mol. The molecule has 0 saturated heterocycles. The number of ether oxygens (including phenoxy) is 3. The van der Waals surface area contributed by atoms with Gasteiger partial charge in [0.1, 0.15) is 23.1 Å². The first kappa shape index (κ1) is 26.9. The van der Waals surface area contributed by atoms with Crippen LogP contribution in [0.15, 0.2) is 60.0 Å². The third-order valence-corrected chi connectivity index (χ3v) is 9.00. The van der Waals surface area contributed by atoms with E-state index in [2.05, 4.69) is 9.97 Å². The summed E-state index contributed by atoms with van der Waals surface area (Å²) >= 11 is 0. The van der Waals surface area contributed by atoms with Crippen molar-refractivity contribution in [2.45, 2.75) is 30.9 Å². The minimum Gasteiger partial charge on any atom is -0.487 e. The van der Waals surface area contributed by atoms with Crippen molar-refractivity contribution in [3.63, 3.8) is 0 Å². The Bertz CT molecular complexity index is 1470. The quantitative estimate of drug-likeness (QED) is 0.488. The number of nitrogens with zero attached hydrogens (tertiary/aromatic N) is 4. The molecule has 1 N–H and O–H groups in total. The van der Waals surface area contributed by atoms with Gasteiger partial charge >= 0.3 is 0 Å². The summed E-state index contributed by atoms with van der Waals surface area (Å²) in [6.45, 7) is 3.60. The standard InChI is InChI=1S/C27H30N4O7S/c1-17-12-31(18(2)14-32)39(34,35)26-7-5-19(21-10-28-15-29-11-21)8-24(26)38-25(17)13-30(3)27(33)20-4-6-22-23(9-20)37-16-36-22/h4-11,15,17-18,25,32H,12-14,16H2,1-3H3/t17-,18-,25-/m1/s1. The van der Waals surface area contributed by atoms with Gasteiger partial charge in [0.05, 0.1) is 13.2 Å². The van der Waals surface area contributed by atoms with Crippen molar-refractivity contribution >= 4 is 15.9 Å². The zero-order valence-corrected chi connectivity index (χ0v) is 22.7. The molecule has 2 aliphatic heterocycles. The van der Waals surface area contributed by atoms with Crippen LogP contribution < -0.4 is 14.2 Å². The number of amides is 1. The van der Waals surface area contributed by atoms with Crippen LogP contribution in [0.1, 0.15) is 24.2 Å². The number of hydrogen-bond donors (Lipinski definition) is 1. The summed E-state index contributed by atoms with van der Waals surface area (Å²) < 4.78 is 45.9. The number of aromatic nitrogens is 2. The summed E-state index contributed by atoms with van der Waals surface area (Å²) in [6.07, 6.45) is 4.11. The van der Waals surface area contributed by atoms with Crippen LogP contribution in [0.3, 0.4) is 0 Å². The maximum absolute atomic E-state index is 13.7. The van der Waals surface area contributed by atoms with Gasteiger partial charge in [0.25, 0.3) is 5.91 Å². The predicted octanol–water partition coefficient (Wildman–Crippen LogP) is 2.41. The summed E-state index contributed by atoms with van der Waals surface area (Å²) in [7, 11) is -2.32. The molecule has 2 aliphatic rings. The molecule has 1 aromatic heterocycles. The van der Waals surface area contributed by atoms with Crippen molar-refractivity contribution in [2.24, 2.45) is 5.92 Å². The van der Waals surface area contributed by atoms with Gasteiger partial charge in [-0.15, -0.1) is 0 Å². The Morgan fingerprint density at radius 1 is 1.10 bits per heavy atom. The van der Waals surface area contributed by atoms with Crippen LogP contribution in [-0.2, 0) is 10.0 Å². The molecule has 3 heterocycles. The third-order valence-electron chi connectivity index (χ3n) is 6.98. The Morgan fingerprint density at radius 2 is 1.85 bits per heavy atom. The number of sulfonamides is 1. The fourth-order valence-electron chi connectivity index (χ4n) is 4.67. The minimum atomic E-state index is -3.99. The molecule has 39 heavy (non-hydrogen) atoms. The number of rotatable bonds is 6. The van der Waals surface area contributed by atoms with Crippen LogP contribution in [0.2, 0.25) is 0 Å². The van der Waals surface area contributed by atoms with E-state index in [9.17, 15) is 18.3 Å². The van der Waals surface area contributed by atoms with Crippen LogP contribution in [0, 0.1) is 5.92 Å². The molecule has 0 aliphatic carbocycles. The third kappa shape index (κ3) is 5.27. The average molecular weight is 555 g/mol. The highest BCUT2D eigenvalue weighted by molar-refractivity contribution is 7.89. The van der Waals surface area contributed by atoms with E-state index < -0.39 is 22.2 Å². The van der Waals surface area contributed by atoms with Crippen molar-refractivity contribution in [3.8, 4) is 28.4 Å². The molecule has 2 aromatic carbocycles. The molecule has 0 bridgehead atoms. The Balaban J connectivity index is 1.49. The molecule has 12 heteroatoms. The molecule has 0 spiro atoms. The first-order valence-corrected chi connectivity index (χ1v) is 14.0. The van der Waals surface area contributed by atoms with Crippen LogP contribution in [-0.4, -0.2) is 84.3 Å². The molecule has 1 amide bonds. The number of fused-ring (bicyclic) bond motifs is 2. The van der Waals surface area contributed by atoms with Crippen molar-refractivity contribution in [2.75, 3.05) is 33.5 Å². The van der Waals surface area contributed by atoms with Gasteiger partial charge < -0.3 is 24.2 Å². The second kappa shape index (κ2) is 10.8. The molecular weight excluding hydrogens is 524 g/mol. The summed E-state index contributed by atoms with van der Waals surface area (Å²) in [5.74, 6) is 0.691. The molecule has 0 fully saturated rings. The molecule has 0 unspecified atom stereocenters. The van der Waals surface area contributed by atoms with Crippen molar-refractivity contribution in [1.82, 2.24) is 19.2 Å². The summed E-state index contributed by atoms with van der Waals surface area (Å²) in [5.41, 5.74) is 1.82. The number of aliphatic hydroxyl groups excluding tert-OH is 1. The van der Waals surface area contributed by atoms with E-state index in [1.54, 1.807) is 61.6 Å². The summed E-state index contributed by atoms with van der Waals surface area (Å²) in [6, 6.07) is 9.19. The Kier molecular flexibility index (Phi) is 7.43. The van der Waals surface area contributed by atoms with Gasteiger partial charge in [-0.1, -0.05) is 13.0 Å². The summed E-state index contributed by atoms with van der Waals surface area (Å²) in [4.78, 5) is 22.9. The Morgan fingerprint density at radius 3 is 2.59 bits per heavy atom. The van der Waals surface area contributed by atoms with Crippen molar-refractivity contribution in [3.05, 3.63) is 60.7 Å². The maximum Gasteiger partial charge on any atom is 0.253 e. The average Bonchev–Trinajstić information content (AvgIpc) is 3.42. The zero-order chi connectivity index (χ0) is 27.7. The Hall–Kier alpha value is -3.74. The van der Waals surface area contributed by atoms with Gasteiger partial charge in [-0.25, -0.2) is 18.4 Å². The van der Waals surface area contributed by atoms with E-state index in [0.717, 1.165) is 0 Å². The number of carbonyl (C=O) groups excluding carboxylic acids is 1. The van der Waals surface area contributed by atoms with Gasteiger partial charge in [0.2, 0.25) is 16.8 Å². The lowest BCUT2D eigenvalue weighted by Crippen LogP contribution is -2.50. The molecule has 206 valence electrons. The lowest BCUT2D eigenvalue weighted by molar-refractivity contribution is 0.0563. The second-order valence-corrected chi connectivity index (χ2v) is 11.6. The molecule has 0 saturated carbocycles. The van der Waals surface area contributed by atoms with Crippen molar-refractivity contribution in [1.29, 1.82) is 0 Å². The number of hydrogen-bond acceptors (Lipinski definition) is 9. The van der Waals surface area contributed by atoms with Gasteiger partial charge in [-0.2, -0.15) is 4.31 Å². The number of carbonyl (C=O) groups is 1. The molecule has 5 rings (SSSR count). The highest BCUT2D eigenvalue weighted by atomic mass is 32.2. The molecule has 11 nitrogen and oxygen atoms in total. The fraction of sp³-hybridized carbons (Fsp3) is 0.370. The largest absolute Gasteiger partial charge is 0.487 e. The van der Waals surface area contributed by atoms with Gasteiger partial charge in [0, 0.05) is 49.1 Å². The van der Waals surface area contributed by atoms with Crippen LogP contribution in [0.25, 0.3) is 11.1 Å². The maximum atomic E-state index is 13.7. The number of benzene rings is 2. The second-order valence-electron chi connectivity index (χ2n) is 9.78. The molecule has 3 aromatic rings. The van der Waals surface area contributed by atoms with E-state index in [-0.39, 0.29) is 49.0 Å². The summed E-state index contributed by atoms with van der Waals surface area (Å²) in [5, 5.41) is 9.86. The number of aliphatic hydroxyl groups is 1. The molecular formula is C27H30N4O7S. The normalized spacial score (nSPS) is 20.7. The van der Waals surface area contributed by atoms with E-state index in [4.69, 9.17) is 14.2 Å². The van der Waals surface area contributed by atoms with Gasteiger partial charge in [-0.3, -0.25) is 4.79 Å². The van der Waals surface area contributed by atoms with Crippen LogP contribution in [0.5, 0.6) is 17.2 Å². The Labute approximate surface area is 227 Å². The van der Waals surface area contributed by atoms with E-state index in [1.165, 1.54) is 16.7 Å². The van der Waals surface area contributed by atoms with E-state index >= 15 is 0 Å². The first-order chi connectivity index (χ1) is 18.7. The van der Waals surface area contributed by atoms with Crippen molar-refractivity contribution < 1.29 is 32.5 Å². The lowest BCUT2D eigenvalue weighted by Gasteiger charge is -2.37. The monoisotopic (exact) mass is 554 g/mol. The van der Waals surface area contributed by atoms with Gasteiger partial charge in [0.15, 0.2) is 11.5 Å². The van der Waals surface area contributed by atoms with Gasteiger partial charge in [-0.05, 0) is 42.8 Å². The molecule has 0 radical (unpaired) electrons. The first-order valence-electron chi connectivity index (χ1n) is 12.5. The van der Waals surface area contributed by atoms with Crippen LogP contribution >= 0.6 is 0 Å². The smallest absolute Gasteiger partial charge is 0.253 e. The topological polar surface area (TPSA) is 131 Å². The highest BCUT2D eigenvalue weighted by Gasteiger charge is 2.38. The van der Waals surface area contributed by atoms with E-state index in [0.29, 0.717) is 28.2 Å². The number of likely N-dealkylation sites (N-methyl/N-ethyl adjacent to an activating group) is 1. The SMILES string of the molecule is C[C@@H]1CN([C@H](C)CO)S(=O)(=O)c2ccc(-c3cncnc3)cc2O[C@@H]1CN(C)C(=O)c1ccc2c(c1)OCO2.